The highest BCUT2D eigenvalue weighted by Crippen LogP contribution is 2.42. The fourth-order valence-electron chi connectivity index (χ4n) is 5.63. The van der Waals surface area contributed by atoms with Crippen LogP contribution >= 0.6 is 0 Å². The maximum Gasteiger partial charge on any atom is 0.209 e. The van der Waals surface area contributed by atoms with Crippen molar-refractivity contribution in [3.63, 3.8) is 0 Å². The van der Waals surface area contributed by atoms with Crippen molar-refractivity contribution in [2.45, 2.75) is 109 Å². The lowest BCUT2D eigenvalue weighted by molar-refractivity contribution is -0.257. The molecule has 0 aromatic heterocycles. The molecule has 0 atom stereocenters. The summed E-state index contributed by atoms with van der Waals surface area (Å²) in [5, 5.41) is 24.0. The third kappa shape index (κ3) is 4.08. The molecule has 0 spiro atoms. The number of nitrogens with zero attached hydrogens (tertiary/aromatic N) is 3. The maximum absolute atomic E-state index is 12.0. The molecule has 2 rings (SSSR count). The van der Waals surface area contributed by atoms with Gasteiger partial charge in [-0.15, -0.1) is 0 Å². The molecule has 0 aromatic rings. The van der Waals surface area contributed by atoms with Gasteiger partial charge in [0.25, 0.3) is 0 Å². The minimum Gasteiger partial charge on any atom is -0.342 e. The van der Waals surface area contributed by atoms with Crippen LogP contribution in [-0.2, 0) is 4.79 Å². The minimum absolute atomic E-state index is 0.110. The van der Waals surface area contributed by atoms with Crippen LogP contribution in [0.15, 0.2) is 0 Å². The number of carbonyl (C=O) groups excluding carboxylic acids is 1. The van der Waals surface area contributed by atoms with Gasteiger partial charge in [0.15, 0.2) is 0 Å². The van der Waals surface area contributed by atoms with Crippen molar-refractivity contribution in [1.82, 2.24) is 15.0 Å². The van der Waals surface area contributed by atoms with Crippen LogP contribution in [0.4, 0.5) is 0 Å². The second-order valence-electron chi connectivity index (χ2n) is 11.0. The predicted molar refractivity (Wildman–Crippen MR) is 102 cm³/mol. The fourth-order valence-corrected chi connectivity index (χ4v) is 5.63. The van der Waals surface area contributed by atoms with E-state index in [1.54, 1.807) is 0 Å². The number of amides is 1. The Kier molecular flexibility index (Phi) is 5.59. The summed E-state index contributed by atoms with van der Waals surface area (Å²) < 4.78 is 0. The van der Waals surface area contributed by atoms with E-state index in [9.17, 15) is 15.2 Å². The van der Waals surface area contributed by atoms with Crippen molar-refractivity contribution in [3.05, 3.63) is 0 Å². The van der Waals surface area contributed by atoms with Gasteiger partial charge in [0.05, 0.1) is 0 Å². The molecule has 0 radical (unpaired) electrons. The Morgan fingerprint density at radius 2 is 1.15 bits per heavy atom. The molecule has 0 aromatic carbocycles. The Hall–Kier alpha value is -0.690. The Morgan fingerprint density at radius 3 is 1.50 bits per heavy atom. The molecule has 6 nitrogen and oxygen atoms in total. The molecule has 2 fully saturated rings. The zero-order valence-electron chi connectivity index (χ0n) is 17.9. The molecule has 6 heteroatoms. The van der Waals surface area contributed by atoms with Gasteiger partial charge in [0.1, 0.15) is 0 Å². The quantitative estimate of drug-likeness (QED) is 0.742. The van der Waals surface area contributed by atoms with Crippen molar-refractivity contribution in [2.24, 2.45) is 5.92 Å². The van der Waals surface area contributed by atoms with Crippen LogP contribution in [0.3, 0.4) is 0 Å². The summed E-state index contributed by atoms with van der Waals surface area (Å²) in [5.74, 6) is 0.340. The van der Waals surface area contributed by atoms with Crippen LogP contribution in [0.2, 0.25) is 0 Å². The van der Waals surface area contributed by atoms with E-state index >= 15 is 0 Å². The van der Waals surface area contributed by atoms with E-state index in [4.69, 9.17) is 0 Å². The number of carbonyl (C=O) groups is 1. The van der Waals surface area contributed by atoms with Gasteiger partial charge in [-0.25, -0.2) is 0 Å². The van der Waals surface area contributed by atoms with Crippen molar-refractivity contribution in [3.8, 4) is 0 Å². The SMILES string of the molecule is CC1(C)CC(CN(C=O)C2CC(C)(C)N(O)C(C)(C)C2)CC(C)(C)N1O. The smallest absolute Gasteiger partial charge is 0.209 e. The first kappa shape index (κ1) is 21.6. The normalized spacial score (nSPS) is 29.5. The molecule has 0 bridgehead atoms. The highest BCUT2D eigenvalue weighted by atomic mass is 16.5. The second-order valence-corrected chi connectivity index (χ2v) is 11.0. The topological polar surface area (TPSA) is 67.2 Å². The van der Waals surface area contributed by atoms with E-state index in [1.807, 2.05) is 32.6 Å². The molecule has 2 heterocycles. The summed E-state index contributed by atoms with van der Waals surface area (Å²) in [7, 11) is 0. The van der Waals surface area contributed by atoms with E-state index < -0.39 is 0 Å². The number of hydrogen-bond acceptors (Lipinski definition) is 5. The average Bonchev–Trinajstić information content (AvgIpc) is 2.46. The van der Waals surface area contributed by atoms with Crippen molar-refractivity contribution < 1.29 is 15.2 Å². The first-order chi connectivity index (χ1) is 11.6. The van der Waals surface area contributed by atoms with E-state index in [1.165, 1.54) is 10.1 Å². The van der Waals surface area contributed by atoms with E-state index in [0.29, 0.717) is 12.5 Å². The Balaban J connectivity index is 2.16. The number of piperidine rings is 2. The predicted octanol–water partition coefficient (Wildman–Crippen LogP) is 3.51. The Bertz CT molecular complexity index is 494. The summed E-state index contributed by atoms with van der Waals surface area (Å²) in [6, 6.07) is 0.110. The third-order valence-electron chi connectivity index (χ3n) is 6.41. The molecule has 152 valence electrons. The molecule has 0 saturated carbocycles. The largest absolute Gasteiger partial charge is 0.342 e. The number of hydrogen-bond donors (Lipinski definition) is 2. The first-order valence-corrected chi connectivity index (χ1v) is 9.82. The van der Waals surface area contributed by atoms with Crippen LogP contribution in [0, 0.1) is 5.92 Å². The number of rotatable bonds is 4. The van der Waals surface area contributed by atoms with Crippen molar-refractivity contribution >= 4 is 6.41 Å². The molecule has 2 N–H and O–H groups in total. The van der Waals surface area contributed by atoms with Crippen LogP contribution in [0.5, 0.6) is 0 Å². The maximum atomic E-state index is 12.0. The lowest BCUT2D eigenvalue weighted by Crippen LogP contribution is -2.64. The molecular weight excluding hydrogens is 330 g/mol. The van der Waals surface area contributed by atoms with Crippen LogP contribution in [0.1, 0.15) is 81.1 Å². The highest BCUT2D eigenvalue weighted by molar-refractivity contribution is 5.48. The molecule has 1 amide bonds. The van der Waals surface area contributed by atoms with Crippen molar-refractivity contribution in [1.29, 1.82) is 0 Å². The lowest BCUT2D eigenvalue weighted by atomic mass is 9.74. The first-order valence-electron chi connectivity index (χ1n) is 9.82. The standard InChI is InChI=1S/C20H39N3O3/c1-17(2)9-15(10-18(3,4)22(17)25)13-21(14-24)16-11-19(5,6)23(26)20(7,8)12-16/h14-16,25-26H,9-13H2,1-8H3. The average molecular weight is 370 g/mol. The van der Waals surface area contributed by atoms with Crippen LogP contribution in [0.25, 0.3) is 0 Å². The molecule has 0 unspecified atom stereocenters. The molecule has 26 heavy (non-hydrogen) atoms. The van der Waals surface area contributed by atoms with E-state index in [0.717, 1.165) is 32.1 Å². The molecule has 2 aliphatic rings. The second kappa shape index (κ2) is 6.73. The summed E-state index contributed by atoms with van der Waals surface area (Å²) in [4.78, 5) is 13.9. The molecule has 0 aliphatic carbocycles. The minimum atomic E-state index is -0.374. The van der Waals surface area contributed by atoms with Gasteiger partial charge in [-0.3, -0.25) is 4.79 Å². The summed E-state index contributed by atoms with van der Waals surface area (Å²) in [5.41, 5.74) is -1.37. The van der Waals surface area contributed by atoms with Gasteiger partial charge in [-0.05, 0) is 87.0 Å². The zero-order valence-corrected chi connectivity index (χ0v) is 17.9. The van der Waals surface area contributed by atoms with E-state index in [2.05, 4.69) is 27.7 Å². The monoisotopic (exact) mass is 369 g/mol. The van der Waals surface area contributed by atoms with Gasteiger partial charge in [-0.2, -0.15) is 10.1 Å². The van der Waals surface area contributed by atoms with Crippen LogP contribution in [-0.4, -0.2) is 66.6 Å². The van der Waals surface area contributed by atoms with Crippen LogP contribution < -0.4 is 0 Å². The third-order valence-corrected chi connectivity index (χ3v) is 6.41. The molecular formula is C20H39N3O3. The summed E-state index contributed by atoms with van der Waals surface area (Å²) >= 11 is 0. The lowest BCUT2D eigenvalue weighted by Gasteiger charge is -2.55. The Morgan fingerprint density at radius 1 is 0.808 bits per heavy atom. The summed E-state index contributed by atoms with van der Waals surface area (Å²) in [6.45, 7) is 17.0. The molecule has 2 saturated heterocycles. The highest BCUT2D eigenvalue weighted by Gasteiger charge is 2.48. The van der Waals surface area contributed by atoms with Gasteiger partial charge < -0.3 is 15.3 Å². The van der Waals surface area contributed by atoms with Gasteiger partial charge in [-0.1, -0.05) is 0 Å². The summed E-state index contributed by atoms with van der Waals surface area (Å²) in [6.07, 6.45) is 4.18. The van der Waals surface area contributed by atoms with E-state index in [-0.39, 0.29) is 28.2 Å². The van der Waals surface area contributed by atoms with Gasteiger partial charge in [0.2, 0.25) is 6.41 Å². The zero-order chi connectivity index (χ0) is 20.1. The van der Waals surface area contributed by atoms with Gasteiger partial charge in [0, 0.05) is 34.7 Å². The van der Waals surface area contributed by atoms with Gasteiger partial charge >= 0.3 is 0 Å². The Labute approximate surface area is 159 Å². The fraction of sp³-hybridized carbons (Fsp3) is 0.950. The van der Waals surface area contributed by atoms with Crippen molar-refractivity contribution in [2.75, 3.05) is 6.54 Å². The molecule has 2 aliphatic heterocycles. The number of hydroxylamine groups is 4.